The van der Waals surface area contributed by atoms with Gasteiger partial charge in [-0.25, -0.2) is 9.98 Å². The van der Waals surface area contributed by atoms with Crippen LogP contribution in [0.15, 0.2) is 184 Å². The van der Waals surface area contributed by atoms with E-state index in [0.29, 0.717) is 11.8 Å². The van der Waals surface area contributed by atoms with Crippen molar-refractivity contribution in [3.05, 3.63) is 198 Å². The van der Waals surface area contributed by atoms with Gasteiger partial charge in [-0.1, -0.05) is 146 Å². The molecule has 242 valence electrons. The maximum absolute atomic E-state index is 6.57. The Hall–Kier alpha value is -6.52. The first-order chi connectivity index (χ1) is 25.3. The van der Waals surface area contributed by atoms with Crippen molar-refractivity contribution in [2.75, 3.05) is 0 Å². The number of amidine groups is 2. The summed E-state index contributed by atoms with van der Waals surface area (Å²) in [6, 6.07) is 57.7. The average molecular weight is 656 g/mol. The Morgan fingerprint density at radius 3 is 2.18 bits per heavy atom. The predicted octanol–water partition coefficient (Wildman–Crippen LogP) is 11.5. The zero-order valence-corrected chi connectivity index (χ0v) is 27.8. The predicted molar refractivity (Wildman–Crippen MR) is 210 cm³/mol. The lowest BCUT2D eigenvalue weighted by atomic mass is 9.79. The van der Waals surface area contributed by atoms with Gasteiger partial charge >= 0.3 is 0 Å². The van der Waals surface area contributed by atoms with Gasteiger partial charge < -0.3 is 9.73 Å². The second kappa shape index (κ2) is 12.1. The van der Waals surface area contributed by atoms with Gasteiger partial charge in [0, 0.05) is 33.4 Å². The molecule has 0 radical (unpaired) electrons. The maximum atomic E-state index is 6.57. The van der Waals surface area contributed by atoms with E-state index in [1.807, 2.05) is 18.2 Å². The van der Waals surface area contributed by atoms with Crippen LogP contribution < -0.4 is 5.32 Å². The third-order valence-electron chi connectivity index (χ3n) is 10.3. The lowest BCUT2D eigenvalue weighted by Crippen LogP contribution is -2.34. The highest BCUT2D eigenvalue weighted by atomic mass is 16.3. The van der Waals surface area contributed by atoms with E-state index in [4.69, 9.17) is 14.4 Å². The topological polar surface area (TPSA) is 49.9 Å². The van der Waals surface area contributed by atoms with Gasteiger partial charge in [0.1, 0.15) is 23.2 Å². The molecule has 0 spiro atoms. The van der Waals surface area contributed by atoms with Crippen LogP contribution in [0.25, 0.3) is 49.4 Å². The van der Waals surface area contributed by atoms with E-state index in [0.717, 1.165) is 56.5 Å². The molecule has 0 fully saturated rings. The summed E-state index contributed by atoms with van der Waals surface area (Å²) in [4.78, 5) is 10.5. The number of allylic oxidation sites excluding steroid dienone is 1. The Bertz CT molecular complexity index is 2700. The van der Waals surface area contributed by atoms with Crippen molar-refractivity contribution in [2.45, 2.75) is 18.5 Å². The standard InChI is InChI=1S/C47H33N3O/c1-3-13-31(14-4-1)36-26-27-39(38-19-10-9-18-37(36)38)46-48-45(32-15-5-2-6-16-32)49-47(50-46)41-20-11-21-42-44(41)40-25-24-35(29-43(40)51-42)34-23-22-30-12-7-8-17-33(30)28-34/h1-25,27-29,36,47H,26H2,(H,48,49,50). The average Bonchev–Trinajstić information content (AvgIpc) is 3.59. The van der Waals surface area contributed by atoms with Crippen molar-refractivity contribution in [2.24, 2.45) is 9.98 Å². The molecule has 4 heteroatoms. The summed E-state index contributed by atoms with van der Waals surface area (Å²) in [5, 5.41) is 8.38. The van der Waals surface area contributed by atoms with E-state index < -0.39 is 0 Å². The van der Waals surface area contributed by atoms with E-state index in [1.54, 1.807) is 0 Å². The summed E-state index contributed by atoms with van der Waals surface area (Å²) in [5.74, 6) is 1.83. The number of hydrogen-bond donors (Lipinski definition) is 1. The Labute approximate surface area is 296 Å². The van der Waals surface area contributed by atoms with Crippen molar-refractivity contribution < 1.29 is 4.42 Å². The van der Waals surface area contributed by atoms with Gasteiger partial charge in [-0.15, -0.1) is 0 Å². The number of nitrogens with one attached hydrogen (secondary N) is 1. The molecule has 2 aliphatic rings. The number of rotatable bonds is 5. The lowest BCUT2D eigenvalue weighted by Gasteiger charge is -2.30. The Kier molecular flexibility index (Phi) is 6.98. The first-order valence-electron chi connectivity index (χ1n) is 17.5. The number of fused-ring (bicyclic) bond motifs is 5. The summed E-state index contributed by atoms with van der Waals surface area (Å²) in [5.41, 5.74) is 11.0. The van der Waals surface area contributed by atoms with Gasteiger partial charge in [0.05, 0.1) is 0 Å². The van der Waals surface area contributed by atoms with E-state index in [1.165, 1.54) is 33.0 Å². The molecule has 2 heterocycles. The molecule has 1 aliphatic carbocycles. The zero-order chi connectivity index (χ0) is 33.7. The molecule has 1 N–H and O–H groups in total. The fourth-order valence-electron chi connectivity index (χ4n) is 7.84. The molecule has 4 nitrogen and oxygen atoms in total. The van der Waals surface area contributed by atoms with Gasteiger partial charge in [-0.3, -0.25) is 0 Å². The Morgan fingerprint density at radius 1 is 0.569 bits per heavy atom. The molecular weight excluding hydrogens is 623 g/mol. The molecule has 1 aromatic heterocycles. The third-order valence-corrected chi connectivity index (χ3v) is 10.3. The van der Waals surface area contributed by atoms with Gasteiger partial charge in [-0.2, -0.15) is 0 Å². The maximum Gasteiger partial charge on any atom is 0.159 e. The van der Waals surface area contributed by atoms with Crippen molar-refractivity contribution in [3.8, 4) is 11.1 Å². The van der Waals surface area contributed by atoms with Crippen LogP contribution in [-0.4, -0.2) is 11.7 Å². The smallest absolute Gasteiger partial charge is 0.159 e. The van der Waals surface area contributed by atoms with E-state index in [2.05, 4.69) is 157 Å². The molecule has 7 aromatic carbocycles. The molecule has 10 rings (SSSR count). The number of benzene rings is 7. The van der Waals surface area contributed by atoms with Gasteiger partial charge in [0.25, 0.3) is 0 Å². The molecule has 1 aliphatic heterocycles. The van der Waals surface area contributed by atoms with Crippen molar-refractivity contribution in [1.82, 2.24) is 5.32 Å². The summed E-state index contributed by atoms with van der Waals surface area (Å²) >= 11 is 0. The minimum absolute atomic E-state index is 0.291. The van der Waals surface area contributed by atoms with Crippen LogP contribution in [0.5, 0.6) is 0 Å². The third kappa shape index (κ3) is 5.15. The summed E-state index contributed by atoms with van der Waals surface area (Å²) in [6.07, 6.45) is 2.86. The van der Waals surface area contributed by atoms with E-state index in [-0.39, 0.29) is 6.17 Å². The van der Waals surface area contributed by atoms with Crippen molar-refractivity contribution >= 4 is 50.0 Å². The minimum Gasteiger partial charge on any atom is -0.456 e. The highest BCUT2D eigenvalue weighted by Gasteiger charge is 2.30. The highest BCUT2D eigenvalue weighted by Crippen LogP contribution is 2.41. The first-order valence-corrected chi connectivity index (χ1v) is 17.5. The highest BCUT2D eigenvalue weighted by molar-refractivity contribution is 6.28. The van der Waals surface area contributed by atoms with Crippen LogP contribution in [0.3, 0.4) is 0 Å². The molecular formula is C47H33N3O. The normalized spacial score (nSPS) is 17.1. The largest absolute Gasteiger partial charge is 0.456 e. The van der Waals surface area contributed by atoms with Crippen LogP contribution in [0.1, 0.15) is 46.3 Å². The van der Waals surface area contributed by atoms with Crippen molar-refractivity contribution in [1.29, 1.82) is 0 Å². The van der Waals surface area contributed by atoms with Crippen LogP contribution in [0, 0.1) is 0 Å². The fourth-order valence-corrected chi connectivity index (χ4v) is 7.84. The fraction of sp³-hybridized carbons (Fsp3) is 0.0638. The Morgan fingerprint density at radius 2 is 1.29 bits per heavy atom. The lowest BCUT2D eigenvalue weighted by molar-refractivity contribution is 0.663. The summed E-state index contributed by atoms with van der Waals surface area (Å²) in [7, 11) is 0. The number of nitrogens with zero attached hydrogens (tertiary/aromatic N) is 2. The molecule has 0 bridgehead atoms. The quantitative estimate of drug-likeness (QED) is 0.201. The second-order valence-corrected chi connectivity index (χ2v) is 13.3. The van der Waals surface area contributed by atoms with Gasteiger partial charge in [0.15, 0.2) is 5.84 Å². The van der Waals surface area contributed by atoms with E-state index in [9.17, 15) is 0 Å². The van der Waals surface area contributed by atoms with Gasteiger partial charge in [0.2, 0.25) is 0 Å². The molecule has 0 amide bonds. The molecule has 8 aromatic rings. The van der Waals surface area contributed by atoms with Crippen molar-refractivity contribution in [3.63, 3.8) is 0 Å². The SMILES string of the molecule is C1=C(C2=NC(c3ccccc3)=NC(c3cccc4oc5cc(-c6ccc7ccccc7c6)ccc5c34)N2)c2ccccc2C(c2ccccc2)C1. The number of hydrogen-bond acceptors (Lipinski definition) is 4. The minimum atomic E-state index is -0.378. The molecule has 2 unspecified atom stereocenters. The second-order valence-electron chi connectivity index (χ2n) is 13.3. The zero-order valence-electron chi connectivity index (χ0n) is 27.8. The summed E-state index contributed by atoms with van der Waals surface area (Å²) < 4.78 is 6.57. The van der Waals surface area contributed by atoms with Gasteiger partial charge in [-0.05, 0) is 69.3 Å². The van der Waals surface area contributed by atoms with E-state index >= 15 is 0 Å². The van der Waals surface area contributed by atoms with Crippen LogP contribution in [-0.2, 0) is 0 Å². The monoisotopic (exact) mass is 655 g/mol. The van der Waals surface area contributed by atoms with Crippen LogP contribution >= 0.6 is 0 Å². The molecule has 2 atom stereocenters. The molecule has 0 saturated carbocycles. The molecule has 0 saturated heterocycles. The first kappa shape index (κ1) is 29.4. The number of furan rings is 1. The molecule has 51 heavy (non-hydrogen) atoms. The van der Waals surface area contributed by atoms with Crippen LogP contribution in [0.2, 0.25) is 0 Å². The van der Waals surface area contributed by atoms with Crippen LogP contribution in [0.4, 0.5) is 0 Å². The number of aliphatic imine (C=N–C) groups is 2. The Balaban J connectivity index is 1.08. The summed E-state index contributed by atoms with van der Waals surface area (Å²) in [6.45, 7) is 0.